The average molecular weight is 463 g/mol. The summed E-state index contributed by atoms with van der Waals surface area (Å²) in [4.78, 5) is 63.0. The first-order chi connectivity index (χ1) is 16.3. The number of H-pyrrole nitrogens is 1. The molecule has 2 aromatic carbocycles. The topological polar surface area (TPSA) is 142 Å². The van der Waals surface area contributed by atoms with Crippen LogP contribution < -0.4 is 27.2 Å². The molecule has 34 heavy (non-hydrogen) atoms. The lowest BCUT2D eigenvalue weighted by Gasteiger charge is -2.11. The number of fused-ring (bicyclic) bond motifs is 2. The van der Waals surface area contributed by atoms with Crippen molar-refractivity contribution in [1.29, 1.82) is 0 Å². The SMILES string of the molecule is Cc1ccc2c(c1)NC(=O)C2CC(=O)NCCNC(=O)CCn1c(=O)[nH]c(=O)c2ccccc21. The number of hydrogen-bond acceptors (Lipinski definition) is 5. The van der Waals surface area contributed by atoms with Crippen molar-refractivity contribution in [2.45, 2.75) is 32.2 Å². The molecule has 1 aromatic heterocycles. The fourth-order valence-corrected chi connectivity index (χ4v) is 4.07. The molecule has 0 spiro atoms. The Morgan fingerprint density at radius 3 is 2.53 bits per heavy atom. The van der Waals surface area contributed by atoms with Gasteiger partial charge in [-0.25, -0.2) is 4.79 Å². The summed E-state index contributed by atoms with van der Waals surface area (Å²) in [6, 6.07) is 12.3. The van der Waals surface area contributed by atoms with E-state index in [9.17, 15) is 24.0 Å². The number of nitrogens with zero attached hydrogens (tertiary/aromatic N) is 1. The molecule has 0 aliphatic carbocycles. The number of benzene rings is 2. The maximum atomic E-state index is 12.3. The van der Waals surface area contributed by atoms with Crippen molar-refractivity contribution < 1.29 is 14.4 Å². The van der Waals surface area contributed by atoms with Crippen molar-refractivity contribution in [1.82, 2.24) is 20.2 Å². The lowest BCUT2D eigenvalue weighted by molar-refractivity contribution is -0.125. The van der Waals surface area contributed by atoms with Crippen molar-refractivity contribution in [3.8, 4) is 0 Å². The second kappa shape index (κ2) is 9.74. The number of rotatable bonds is 8. The summed E-state index contributed by atoms with van der Waals surface area (Å²) in [5, 5.41) is 8.58. The van der Waals surface area contributed by atoms with Crippen LogP contribution >= 0.6 is 0 Å². The van der Waals surface area contributed by atoms with E-state index in [4.69, 9.17) is 0 Å². The number of aryl methyl sites for hydroxylation is 2. The van der Waals surface area contributed by atoms with E-state index in [1.807, 2.05) is 25.1 Å². The number of nitrogens with one attached hydrogen (secondary N) is 4. The monoisotopic (exact) mass is 463 g/mol. The zero-order chi connectivity index (χ0) is 24.2. The summed E-state index contributed by atoms with van der Waals surface area (Å²) < 4.78 is 1.35. The zero-order valence-electron chi connectivity index (χ0n) is 18.6. The quantitative estimate of drug-likeness (QED) is 0.365. The van der Waals surface area contributed by atoms with Gasteiger partial charge in [0.1, 0.15) is 0 Å². The summed E-state index contributed by atoms with van der Waals surface area (Å²) >= 11 is 0. The zero-order valence-corrected chi connectivity index (χ0v) is 18.6. The van der Waals surface area contributed by atoms with Crippen LogP contribution in [0.15, 0.2) is 52.1 Å². The van der Waals surface area contributed by atoms with Crippen molar-refractivity contribution in [2.24, 2.45) is 0 Å². The van der Waals surface area contributed by atoms with Gasteiger partial charge in [-0.05, 0) is 36.2 Å². The number of hydrogen-bond donors (Lipinski definition) is 4. The number of aromatic nitrogens is 2. The van der Waals surface area contributed by atoms with E-state index in [-0.39, 0.29) is 50.2 Å². The lowest BCUT2D eigenvalue weighted by atomic mass is 9.96. The highest BCUT2D eigenvalue weighted by Crippen LogP contribution is 2.35. The van der Waals surface area contributed by atoms with E-state index in [0.29, 0.717) is 10.9 Å². The molecule has 3 aromatic rings. The number of carbonyl (C=O) groups excluding carboxylic acids is 3. The molecule has 0 radical (unpaired) electrons. The van der Waals surface area contributed by atoms with Crippen molar-refractivity contribution in [3.63, 3.8) is 0 Å². The molecule has 2 heterocycles. The van der Waals surface area contributed by atoms with Crippen molar-refractivity contribution in [3.05, 3.63) is 74.4 Å². The Labute approximate surface area is 194 Å². The molecule has 3 amide bonds. The van der Waals surface area contributed by atoms with Gasteiger partial charge < -0.3 is 16.0 Å². The first kappa shape index (κ1) is 23.0. The average Bonchev–Trinajstić information content (AvgIpc) is 3.10. The highest BCUT2D eigenvalue weighted by atomic mass is 16.2. The first-order valence-electron chi connectivity index (χ1n) is 11.0. The Balaban J connectivity index is 1.23. The Hall–Kier alpha value is -4.21. The van der Waals surface area contributed by atoms with Gasteiger partial charge in [-0.15, -0.1) is 0 Å². The normalized spacial score (nSPS) is 14.5. The third kappa shape index (κ3) is 4.90. The van der Waals surface area contributed by atoms with Crippen LogP contribution in [0, 0.1) is 6.92 Å². The Morgan fingerprint density at radius 1 is 1.00 bits per heavy atom. The van der Waals surface area contributed by atoms with Gasteiger partial charge in [-0.1, -0.05) is 24.3 Å². The van der Waals surface area contributed by atoms with Crippen LogP contribution in [-0.4, -0.2) is 40.4 Å². The molecule has 0 bridgehead atoms. The van der Waals surface area contributed by atoms with Crippen LogP contribution in [-0.2, 0) is 20.9 Å². The molecule has 0 fully saturated rings. The minimum absolute atomic E-state index is 0.0258. The number of aromatic amines is 1. The molecule has 10 heteroatoms. The fraction of sp³-hybridized carbons (Fsp3) is 0.292. The highest BCUT2D eigenvalue weighted by molar-refractivity contribution is 6.05. The molecule has 4 rings (SSSR count). The Morgan fingerprint density at radius 2 is 1.74 bits per heavy atom. The third-order valence-electron chi connectivity index (χ3n) is 5.78. The largest absolute Gasteiger partial charge is 0.354 e. The van der Waals surface area contributed by atoms with Gasteiger partial charge in [-0.3, -0.25) is 28.7 Å². The van der Waals surface area contributed by atoms with Gasteiger partial charge >= 0.3 is 5.69 Å². The first-order valence-corrected chi connectivity index (χ1v) is 11.0. The van der Waals surface area contributed by atoms with Crippen LogP contribution in [0.25, 0.3) is 10.9 Å². The summed E-state index contributed by atoms with van der Waals surface area (Å²) in [5.41, 5.74) is 2.00. The van der Waals surface area contributed by atoms with Crippen LogP contribution in [0.5, 0.6) is 0 Å². The smallest absolute Gasteiger partial charge is 0.328 e. The van der Waals surface area contributed by atoms with Gasteiger partial charge in [0.05, 0.1) is 16.8 Å². The number of para-hydroxylation sites is 1. The number of anilines is 1. The molecule has 1 aliphatic rings. The van der Waals surface area contributed by atoms with Crippen LogP contribution in [0.4, 0.5) is 5.69 Å². The third-order valence-corrected chi connectivity index (χ3v) is 5.78. The Kier molecular flexibility index (Phi) is 6.58. The van der Waals surface area contributed by atoms with E-state index in [0.717, 1.165) is 16.8 Å². The Bertz CT molecular complexity index is 1390. The van der Waals surface area contributed by atoms with Crippen LogP contribution in [0.2, 0.25) is 0 Å². The fourth-order valence-electron chi connectivity index (χ4n) is 4.07. The molecular weight excluding hydrogens is 438 g/mol. The molecule has 4 N–H and O–H groups in total. The summed E-state index contributed by atoms with van der Waals surface area (Å²) in [6.07, 6.45) is 0.0559. The standard InChI is InChI=1S/C24H25N5O5/c1-14-6-7-15-17(23(33)27-18(15)12-14)13-21(31)26-10-9-25-20(30)8-11-29-19-5-3-2-4-16(19)22(32)28-24(29)34/h2-7,12,17H,8-11,13H2,1H3,(H,25,30)(H,26,31)(H,27,33)(H,28,32,34). The van der Waals surface area contributed by atoms with Gasteiger partial charge in [-0.2, -0.15) is 0 Å². The molecule has 10 nitrogen and oxygen atoms in total. The second-order valence-electron chi connectivity index (χ2n) is 8.21. The van der Waals surface area contributed by atoms with Crippen molar-refractivity contribution >= 4 is 34.3 Å². The molecule has 1 aliphatic heterocycles. The van der Waals surface area contributed by atoms with Crippen molar-refractivity contribution in [2.75, 3.05) is 18.4 Å². The minimum atomic E-state index is -0.573. The van der Waals surface area contributed by atoms with Gasteiger partial charge in [0.25, 0.3) is 5.56 Å². The highest BCUT2D eigenvalue weighted by Gasteiger charge is 2.32. The molecule has 1 unspecified atom stereocenters. The molecular formula is C24H25N5O5. The summed E-state index contributed by atoms with van der Waals surface area (Å²) in [5.74, 6) is -1.31. The molecule has 176 valence electrons. The van der Waals surface area contributed by atoms with E-state index in [1.165, 1.54) is 4.57 Å². The molecule has 0 saturated heterocycles. The maximum absolute atomic E-state index is 12.3. The van der Waals surface area contributed by atoms with Gasteiger partial charge in [0.2, 0.25) is 17.7 Å². The predicted octanol–water partition coefficient (Wildman–Crippen LogP) is 0.747. The number of carbonyl (C=O) groups is 3. The van der Waals surface area contributed by atoms with E-state index in [1.54, 1.807) is 24.3 Å². The van der Waals surface area contributed by atoms with Crippen LogP contribution in [0.3, 0.4) is 0 Å². The predicted molar refractivity (Wildman–Crippen MR) is 127 cm³/mol. The molecule has 0 saturated carbocycles. The maximum Gasteiger partial charge on any atom is 0.328 e. The minimum Gasteiger partial charge on any atom is -0.354 e. The second-order valence-corrected chi connectivity index (χ2v) is 8.21. The summed E-state index contributed by atoms with van der Waals surface area (Å²) in [6.45, 7) is 2.45. The molecule has 1 atom stereocenters. The van der Waals surface area contributed by atoms with E-state index >= 15 is 0 Å². The van der Waals surface area contributed by atoms with E-state index < -0.39 is 17.2 Å². The van der Waals surface area contributed by atoms with Gasteiger partial charge in [0, 0.05) is 38.2 Å². The van der Waals surface area contributed by atoms with Gasteiger partial charge in [0.15, 0.2) is 0 Å². The summed E-state index contributed by atoms with van der Waals surface area (Å²) in [7, 11) is 0. The number of amides is 3. The van der Waals surface area contributed by atoms with E-state index in [2.05, 4.69) is 20.9 Å². The van der Waals surface area contributed by atoms with Crippen LogP contribution in [0.1, 0.15) is 29.9 Å². The lowest BCUT2D eigenvalue weighted by Crippen LogP contribution is -2.36.